The van der Waals surface area contributed by atoms with Gasteiger partial charge in [-0.3, -0.25) is 4.90 Å². The topological polar surface area (TPSA) is 60.5 Å². The maximum Gasteiger partial charge on any atom is 0.319 e. The number of aromatic nitrogens is 1. The molecule has 1 aromatic heterocycles. The smallest absolute Gasteiger partial charge is 0.319 e. The van der Waals surface area contributed by atoms with Crippen LogP contribution < -0.4 is 15.5 Å². The van der Waals surface area contributed by atoms with Crippen LogP contribution in [0, 0.1) is 0 Å². The molecule has 2 heterocycles. The van der Waals surface area contributed by atoms with Gasteiger partial charge in [0.15, 0.2) is 0 Å². The molecule has 0 unspecified atom stereocenters. The van der Waals surface area contributed by atoms with E-state index in [0.717, 1.165) is 50.5 Å². The van der Waals surface area contributed by atoms with E-state index in [1.807, 2.05) is 12.1 Å². The summed E-state index contributed by atoms with van der Waals surface area (Å²) in [5.41, 5.74) is 0.748. The molecule has 0 spiro atoms. The second-order valence-corrected chi connectivity index (χ2v) is 7.46. The molecule has 0 radical (unpaired) electrons. The zero-order valence-corrected chi connectivity index (χ0v) is 15.5. The summed E-state index contributed by atoms with van der Waals surface area (Å²) in [5.74, 6) is 0.988. The Morgan fingerprint density at radius 1 is 1.12 bits per heavy atom. The van der Waals surface area contributed by atoms with E-state index in [0.29, 0.717) is 12.1 Å². The van der Waals surface area contributed by atoms with E-state index < -0.39 is 0 Å². The SMILES string of the molecule is CC(C)N1CCN(c2ccc(NC(=O)NC3CCCCC3)cn2)CC1. The summed E-state index contributed by atoms with van der Waals surface area (Å²) in [5, 5.41) is 5.97. The molecular formula is C19H31N5O. The summed E-state index contributed by atoms with van der Waals surface area (Å²) in [4.78, 5) is 21.4. The predicted molar refractivity (Wildman–Crippen MR) is 102 cm³/mol. The van der Waals surface area contributed by atoms with Gasteiger partial charge in [-0.2, -0.15) is 0 Å². The van der Waals surface area contributed by atoms with Gasteiger partial charge in [0.05, 0.1) is 11.9 Å². The van der Waals surface area contributed by atoms with Crippen LogP contribution in [0.4, 0.5) is 16.3 Å². The molecule has 0 bridgehead atoms. The van der Waals surface area contributed by atoms with Gasteiger partial charge in [-0.05, 0) is 38.8 Å². The van der Waals surface area contributed by atoms with Gasteiger partial charge in [-0.1, -0.05) is 19.3 Å². The minimum Gasteiger partial charge on any atom is -0.354 e. The number of nitrogens with zero attached hydrogens (tertiary/aromatic N) is 3. The Hall–Kier alpha value is -1.82. The Balaban J connectivity index is 1.48. The summed E-state index contributed by atoms with van der Waals surface area (Å²) in [6.07, 6.45) is 7.65. The molecule has 138 valence electrons. The number of hydrogen-bond donors (Lipinski definition) is 2. The molecule has 3 rings (SSSR count). The Bertz CT molecular complexity index is 545. The van der Waals surface area contributed by atoms with Crippen molar-refractivity contribution in [3.8, 4) is 0 Å². The third-order valence-electron chi connectivity index (χ3n) is 5.31. The molecule has 1 saturated carbocycles. The van der Waals surface area contributed by atoms with Crippen molar-refractivity contribution in [2.24, 2.45) is 0 Å². The molecule has 2 N–H and O–H groups in total. The molecule has 1 aliphatic heterocycles. The minimum atomic E-state index is -0.119. The molecule has 1 aromatic rings. The van der Waals surface area contributed by atoms with Gasteiger partial charge >= 0.3 is 6.03 Å². The van der Waals surface area contributed by atoms with Crippen LogP contribution in [-0.4, -0.2) is 54.2 Å². The third-order valence-corrected chi connectivity index (χ3v) is 5.31. The number of anilines is 2. The molecule has 25 heavy (non-hydrogen) atoms. The lowest BCUT2D eigenvalue weighted by Gasteiger charge is -2.37. The standard InChI is InChI=1S/C19H31N5O/c1-15(2)23-10-12-24(13-11-23)18-9-8-17(14-20-18)22-19(25)21-16-6-4-3-5-7-16/h8-9,14-16H,3-7,10-13H2,1-2H3,(H2,21,22,25). The first-order valence-corrected chi connectivity index (χ1v) is 9.64. The lowest BCUT2D eigenvalue weighted by atomic mass is 9.96. The molecule has 6 nitrogen and oxygen atoms in total. The summed E-state index contributed by atoms with van der Waals surface area (Å²) >= 11 is 0. The van der Waals surface area contributed by atoms with Gasteiger partial charge in [-0.15, -0.1) is 0 Å². The zero-order valence-electron chi connectivity index (χ0n) is 15.5. The highest BCUT2D eigenvalue weighted by molar-refractivity contribution is 5.89. The summed E-state index contributed by atoms with van der Waals surface area (Å²) < 4.78 is 0. The molecule has 0 aromatic carbocycles. The van der Waals surface area contributed by atoms with E-state index in [1.165, 1.54) is 19.3 Å². The summed E-state index contributed by atoms with van der Waals surface area (Å²) in [6.45, 7) is 8.63. The van der Waals surface area contributed by atoms with Crippen molar-refractivity contribution in [2.75, 3.05) is 36.4 Å². The van der Waals surface area contributed by atoms with Crippen molar-refractivity contribution in [2.45, 2.75) is 58.0 Å². The lowest BCUT2D eigenvalue weighted by molar-refractivity contribution is 0.209. The van der Waals surface area contributed by atoms with Crippen LogP contribution in [-0.2, 0) is 0 Å². The highest BCUT2D eigenvalue weighted by Gasteiger charge is 2.20. The average molecular weight is 345 g/mol. The largest absolute Gasteiger partial charge is 0.354 e. The normalized spacial score (nSPS) is 19.9. The number of rotatable bonds is 4. The number of carbonyl (C=O) groups is 1. The number of pyridine rings is 1. The lowest BCUT2D eigenvalue weighted by Crippen LogP contribution is -2.49. The number of amides is 2. The van der Waals surface area contributed by atoms with Crippen molar-refractivity contribution in [3.05, 3.63) is 18.3 Å². The number of carbonyl (C=O) groups excluding carboxylic acids is 1. The molecule has 2 fully saturated rings. The third kappa shape index (κ3) is 5.08. The Morgan fingerprint density at radius 3 is 2.44 bits per heavy atom. The molecule has 0 atom stereocenters. The Kier molecular flexibility index (Phi) is 6.13. The minimum absolute atomic E-state index is 0.119. The first-order valence-electron chi connectivity index (χ1n) is 9.64. The van der Waals surface area contributed by atoms with Crippen LogP contribution in [0.3, 0.4) is 0 Å². The summed E-state index contributed by atoms with van der Waals surface area (Å²) in [6, 6.07) is 4.74. The second-order valence-electron chi connectivity index (χ2n) is 7.46. The van der Waals surface area contributed by atoms with Gasteiger partial charge in [0, 0.05) is 38.3 Å². The van der Waals surface area contributed by atoms with Crippen LogP contribution >= 0.6 is 0 Å². The number of hydrogen-bond acceptors (Lipinski definition) is 4. The van der Waals surface area contributed by atoms with Crippen molar-refractivity contribution in [1.82, 2.24) is 15.2 Å². The van der Waals surface area contributed by atoms with Gasteiger partial charge < -0.3 is 15.5 Å². The maximum atomic E-state index is 12.1. The van der Waals surface area contributed by atoms with E-state index in [-0.39, 0.29) is 6.03 Å². The first kappa shape index (κ1) is 18.0. The first-order chi connectivity index (χ1) is 12.1. The number of nitrogens with one attached hydrogen (secondary N) is 2. The van der Waals surface area contributed by atoms with E-state index in [4.69, 9.17) is 0 Å². The van der Waals surface area contributed by atoms with Gasteiger partial charge in [0.25, 0.3) is 0 Å². The van der Waals surface area contributed by atoms with Crippen LogP contribution in [0.15, 0.2) is 18.3 Å². The fraction of sp³-hybridized carbons (Fsp3) is 0.684. The fourth-order valence-corrected chi connectivity index (χ4v) is 3.71. The molecule has 2 aliphatic rings. The highest BCUT2D eigenvalue weighted by atomic mass is 16.2. The zero-order chi connectivity index (χ0) is 17.6. The van der Waals surface area contributed by atoms with Crippen LogP contribution in [0.5, 0.6) is 0 Å². The van der Waals surface area contributed by atoms with Crippen LogP contribution in [0.1, 0.15) is 46.0 Å². The quantitative estimate of drug-likeness (QED) is 0.880. The van der Waals surface area contributed by atoms with E-state index >= 15 is 0 Å². The Morgan fingerprint density at radius 2 is 1.84 bits per heavy atom. The van der Waals surface area contributed by atoms with Crippen molar-refractivity contribution in [3.63, 3.8) is 0 Å². The van der Waals surface area contributed by atoms with Crippen LogP contribution in [0.2, 0.25) is 0 Å². The van der Waals surface area contributed by atoms with Crippen LogP contribution in [0.25, 0.3) is 0 Å². The monoisotopic (exact) mass is 345 g/mol. The predicted octanol–water partition coefficient (Wildman–Crippen LogP) is 3.07. The van der Waals surface area contributed by atoms with Gasteiger partial charge in [-0.25, -0.2) is 9.78 Å². The fourth-order valence-electron chi connectivity index (χ4n) is 3.71. The Labute approximate surface area is 151 Å². The van der Waals surface area contributed by atoms with E-state index in [1.54, 1.807) is 6.20 Å². The van der Waals surface area contributed by atoms with Gasteiger partial charge in [0.2, 0.25) is 0 Å². The van der Waals surface area contributed by atoms with E-state index in [9.17, 15) is 4.79 Å². The molecule has 2 amide bonds. The van der Waals surface area contributed by atoms with Crippen molar-refractivity contribution in [1.29, 1.82) is 0 Å². The molecular weight excluding hydrogens is 314 g/mol. The number of urea groups is 1. The average Bonchev–Trinajstić information content (AvgIpc) is 2.63. The highest BCUT2D eigenvalue weighted by Crippen LogP contribution is 2.19. The molecule has 1 saturated heterocycles. The van der Waals surface area contributed by atoms with E-state index in [2.05, 4.69) is 39.3 Å². The maximum absolute atomic E-state index is 12.1. The number of piperazine rings is 1. The second kappa shape index (κ2) is 8.52. The van der Waals surface area contributed by atoms with Crippen molar-refractivity contribution < 1.29 is 4.79 Å². The molecule has 6 heteroatoms. The molecule has 1 aliphatic carbocycles. The van der Waals surface area contributed by atoms with Crippen molar-refractivity contribution >= 4 is 17.5 Å². The van der Waals surface area contributed by atoms with Gasteiger partial charge in [0.1, 0.15) is 5.82 Å². The summed E-state index contributed by atoms with van der Waals surface area (Å²) in [7, 11) is 0.